The van der Waals surface area contributed by atoms with Crippen LogP contribution in [0.1, 0.15) is 26.7 Å². The molecule has 0 aromatic carbocycles. The Hall–Kier alpha value is -0.923. The molecule has 1 atom stereocenters. The highest BCUT2D eigenvalue weighted by Gasteiger charge is 2.16. The van der Waals surface area contributed by atoms with E-state index >= 15 is 0 Å². The van der Waals surface area contributed by atoms with Gasteiger partial charge in [0.05, 0.1) is 6.42 Å². The van der Waals surface area contributed by atoms with Gasteiger partial charge in [0.25, 0.3) is 0 Å². The minimum absolute atomic E-state index is 0.00995. The molecule has 0 rings (SSSR count). The molecule has 0 spiro atoms. The van der Waals surface area contributed by atoms with Gasteiger partial charge in [-0.25, -0.2) is 0 Å². The van der Waals surface area contributed by atoms with E-state index in [-0.39, 0.29) is 12.3 Å². The van der Waals surface area contributed by atoms with Gasteiger partial charge < -0.3 is 14.6 Å². The SMILES string of the molecule is CCO[SiH2]CCCNC(=O)[C@H](C)CC(=O)ON. The van der Waals surface area contributed by atoms with E-state index in [0.29, 0.717) is 6.54 Å². The van der Waals surface area contributed by atoms with Gasteiger partial charge in [0.2, 0.25) is 5.91 Å². The maximum atomic E-state index is 11.5. The minimum atomic E-state index is -0.573. The Kier molecular flexibility index (Phi) is 9.69. The van der Waals surface area contributed by atoms with E-state index in [9.17, 15) is 9.59 Å². The number of rotatable bonds is 9. The van der Waals surface area contributed by atoms with Crippen molar-refractivity contribution >= 4 is 21.6 Å². The van der Waals surface area contributed by atoms with Crippen molar-refractivity contribution in [1.29, 1.82) is 0 Å². The molecular weight excluding hydrogens is 240 g/mol. The van der Waals surface area contributed by atoms with Crippen LogP contribution in [-0.2, 0) is 18.9 Å². The van der Waals surface area contributed by atoms with Crippen molar-refractivity contribution in [2.45, 2.75) is 32.7 Å². The van der Waals surface area contributed by atoms with Crippen molar-refractivity contribution in [3.63, 3.8) is 0 Å². The first-order valence-electron chi connectivity index (χ1n) is 5.86. The zero-order valence-corrected chi connectivity index (χ0v) is 11.9. The van der Waals surface area contributed by atoms with Crippen molar-refractivity contribution in [2.75, 3.05) is 13.2 Å². The van der Waals surface area contributed by atoms with Gasteiger partial charge in [-0.1, -0.05) is 6.92 Å². The predicted octanol–water partition coefficient (Wildman–Crippen LogP) is -0.526. The van der Waals surface area contributed by atoms with Crippen molar-refractivity contribution < 1.29 is 18.9 Å². The summed E-state index contributed by atoms with van der Waals surface area (Å²) in [5, 5.41) is 2.77. The molecule has 0 heterocycles. The lowest BCUT2D eigenvalue weighted by atomic mass is 10.1. The van der Waals surface area contributed by atoms with E-state index in [4.69, 9.17) is 10.3 Å². The second-order valence-electron chi connectivity index (χ2n) is 3.79. The Morgan fingerprint density at radius 2 is 2.18 bits per heavy atom. The first kappa shape index (κ1) is 16.1. The van der Waals surface area contributed by atoms with Gasteiger partial charge in [0.1, 0.15) is 0 Å². The Morgan fingerprint density at radius 3 is 2.76 bits per heavy atom. The van der Waals surface area contributed by atoms with Crippen LogP contribution in [0.5, 0.6) is 0 Å². The Labute approximate surface area is 104 Å². The average molecular weight is 262 g/mol. The summed E-state index contributed by atoms with van der Waals surface area (Å²) >= 11 is 0. The summed E-state index contributed by atoms with van der Waals surface area (Å²) in [5.41, 5.74) is 0. The van der Waals surface area contributed by atoms with E-state index < -0.39 is 21.7 Å². The van der Waals surface area contributed by atoms with Crippen LogP contribution >= 0.6 is 0 Å². The highest BCUT2D eigenvalue weighted by Crippen LogP contribution is 2.02. The van der Waals surface area contributed by atoms with Crippen molar-refractivity contribution in [1.82, 2.24) is 5.32 Å². The van der Waals surface area contributed by atoms with Gasteiger partial charge in [0, 0.05) is 19.1 Å². The van der Waals surface area contributed by atoms with Crippen LogP contribution in [0.15, 0.2) is 0 Å². The maximum absolute atomic E-state index is 11.5. The molecule has 6 nitrogen and oxygen atoms in total. The summed E-state index contributed by atoms with van der Waals surface area (Å²) in [6, 6.07) is 1.05. The van der Waals surface area contributed by atoms with Gasteiger partial charge in [-0.15, -0.1) is 0 Å². The van der Waals surface area contributed by atoms with E-state index in [2.05, 4.69) is 10.2 Å². The molecule has 0 radical (unpaired) electrons. The number of amides is 1. The molecule has 17 heavy (non-hydrogen) atoms. The van der Waals surface area contributed by atoms with Crippen LogP contribution in [-0.4, -0.2) is 34.8 Å². The number of nitrogens with two attached hydrogens (primary N) is 1. The quantitative estimate of drug-likeness (QED) is 0.331. The standard InChI is InChI=1S/C10H22N2O4Si/c1-3-15-17-6-4-5-12-10(14)8(2)7-9(13)16-11/h8H,3-7,11,17H2,1-2H3,(H,12,14)/t8-/m1/s1. The fraction of sp³-hybridized carbons (Fsp3) is 0.800. The topological polar surface area (TPSA) is 90.6 Å². The molecule has 0 aliphatic rings. The molecule has 0 fully saturated rings. The summed E-state index contributed by atoms with van der Waals surface area (Å²) < 4.78 is 5.31. The molecule has 100 valence electrons. The van der Waals surface area contributed by atoms with Crippen LogP contribution in [0.25, 0.3) is 0 Å². The summed E-state index contributed by atoms with van der Waals surface area (Å²) in [6.45, 7) is 5.05. The van der Waals surface area contributed by atoms with Crippen molar-refractivity contribution in [2.24, 2.45) is 11.8 Å². The van der Waals surface area contributed by atoms with Crippen LogP contribution in [0.3, 0.4) is 0 Å². The fourth-order valence-corrected chi connectivity index (χ4v) is 2.20. The van der Waals surface area contributed by atoms with Gasteiger partial charge in [-0.3, -0.25) is 9.59 Å². The van der Waals surface area contributed by atoms with E-state index in [0.717, 1.165) is 19.1 Å². The molecule has 0 saturated heterocycles. The fourth-order valence-electron chi connectivity index (χ4n) is 1.25. The molecule has 0 saturated carbocycles. The van der Waals surface area contributed by atoms with Crippen molar-refractivity contribution in [3.8, 4) is 0 Å². The molecule has 0 aromatic heterocycles. The summed E-state index contributed by atoms with van der Waals surface area (Å²) in [4.78, 5) is 26.4. The largest absolute Gasteiger partial charge is 0.424 e. The van der Waals surface area contributed by atoms with Gasteiger partial charge in [-0.05, 0) is 19.4 Å². The lowest BCUT2D eigenvalue weighted by Crippen LogP contribution is -2.32. The molecule has 3 N–H and O–H groups in total. The molecular formula is C10H22N2O4Si. The van der Waals surface area contributed by atoms with E-state index in [1.165, 1.54) is 0 Å². The number of carbonyl (C=O) groups excluding carboxylic acids is 2. The van der Waals surface area contributed by atoms with Crippen LogP contribution in [0.4, 0.5) is 0 Å². The zero-order valence-electron chi connectivity index (χ0n) is 10.5. The van der Waals surface area contributed by atoms with Crippen molar-refractivity contribution in [3.05, 3.63) is 0 Å². The highest BCUT2D eigenvalue weighted by molar-refractivity contribution is 6.26. The van der Waals surface area contributed by atoms with E-state index in [1.807, 2.05) is 6.92 Å². The molecule has 0 unspecified atom stereocenters. The second kappa shape index (κ2) is 10.2. The molecule has 0 aromatic rings. The predicted molar refractivity (Wildman–Crippen MR) is 66.7 cm³/mol. The van der Waals surface area contributed by atoms with Crippen LogP contribution < -0.4 is 11.2 Å². The summed E-state index contributed by atoms with van der Waals surface area (Å²) in [7, 11) is -0.417. The second-order valence-corrected chi connectivity index (χ2v) is 5.31. The van der Waals surface area contributed by atoms with Crippen LogP contribution in [0.2, 0.25) is 6.04 Å². The molecule has 1 amide bonds. The third-order valence-electron chi connectivity index (χ3n) is 2.27. The molecule has 0 bridgehead atoms. The Morgan fingerprint density at radius 1 is 1.47 bits per heavy atom. The lowest BCUT2D eigenvalue weighted by Gasteiger charge is -2.10. The smallest absolute Gasteiger partial charge is 0.325 e. The third kappa shape index (κ3) is 8.84. The Balaban J connectivity index is 3.54. The number of nitrogens with one attached hydrogen (secondary N) is 1. The first-order valence-corrected chi connectivity index (χ1v) is 7.44. The van der Waals surface area contributed by atoms with E-state index in [1.54, 1.807) is 6.92 Å². The highest BCUT2D eigenvalue weighted by atomic mass is 28.2. The third-order valence-corrected chi connectivity index (χ3v) is 3.76. The maximum Gasteiger partial charge on any atom is 0.325 e. The average Bonchev–Trinajstić information content (AvgIpc) is 2.32. The summed E-state index contributed by atoms with van der Waals surface area (Å²) in [6.07, 6.45) is 0.933. The first-order chi connectivity index (χ1) is 8.11. The van der Waals surface area contributed by atoms with Crippen LogP contribution in [0, 0.1) is 5.92 Å². The Bertz CT molecular complexity index is 238. The van der Waals surface area contributed by atoms with Gasteiger partial charge >= 0.3 is 5.97 Å². The normalized spacial score (nSPS) is 12.6. The van der Waals surface area contributed by atoms with Gasteiger partial charge in [0.15, 0.2) is 9.76 Å². The number of carbonyl (C=O) groups is 2. The summed E-state index contributed by atoms with van der Waals surface area (Å²) in [5.74, 6) is 3.57. The number of hydrogen-bond donors (Lipinski definition) is 2. The zero-order chi connectivity index (χ0) is 13.1. The number of hydrogen-bond acceptors (Lipinski definition) is 5. The lowest BCUT2D eigenvalue weighted by molar-refractivity contribution is -0.147. The molecule has 0 aliphatic heterocycles. The molecule has 7 heteroatoms. The van der Waals surface area contributed by atoms with Gasteiger partial charge in [-0.2, -0.15) is 5.90 Å². The molecule has 0 aliphatic carbocycles. The minimum Gasteiger partial charge on any atom is -0.424 e. The monoisotopic (exact) mass is 262 g/mol.